The summed E-state index contributed by atoms with van der Waals surface area (Å²) in [7, 11) is 0. The number of benzene rings is 1. The zero-order valence-electron chi connectivity index (χ0n) is 16.1. The Hall–Kier alpha value is -3.35. The quantitative estimate of drug-likeness (QED) is 0.579. The SMILES string of the molecule is CC(C)Cc1nc(C(C)c2n[nH]c(=O)c3ccccc23)n(-c2ccccn2)n1. The maximum Gasteiger partial charge on any atom is 0.272 e. The van der Waals surface area contributed by atoms with Crippen LogP contribution in [0, 0.1) is 5.92 Å². The lowest BCUT2D eigenvalue weighted by Gasteiger charge is -2.13. The maximum absolute atomic E-state index is 12.1. The first kappa shape index (κ1) is 18.0. The van der Waals surface area contributed by atoms with Gasteiger partial charge in [-0.15, -0.1) is 5.10 Å². The van der Waals surface area contributed by atoms with Crippen molar-refractivity contribution in [1.29, 1.82) is 0 Å². The van der Waals surface area contributed by atoms with Crippen molar-refractivity contribution in [2.45, 2.75) is 33.1 Å². The van der Waals surface area contributed by atoms with E-state index in [0.717, 1.165) is 29.1 Å². The van der Waals surface area contributed by atoms with Gasteiger partial charge in [0.05, 0.1) is 17.0 Å². The first-order valence-corrected chi connectivity index (χ1v) is 9.39. The predicted octanol–water partition coefficient (Wildman–Crippen LogP) is 3.25. The van der Waals surface area contributed by atoms with E-state index in [0.29, 0.717) is 17.1 Å². The van der Waals surface area contributed by atoms with E-state index in [1.165, 1.54) is 0 Å². The van der Waals surface area contributed by atoms with Crippen LogP contribution in [0.4, 0.5) is 0 Å². The largest absolute Gasteiger partial charge is 0.272 e. The number of nitrogens with zero attached hydrogens (tertiary/aromatic N) is 5. The molecule has 1 unspecified atom stereocenters. The number of aromatic nitrogens is 6. The Kier molecular flexibility index (Phi) is 4.73. The zero-order chi connectivity index (χ0) is 19.7. The average Bonchev–Trinajstić information content (AvgIpc) is 3.12. The number of rotatable bonds is 5. The first-order chi connectivity index (χ1) is 13.5. The molecule has 3 heterocycles. The molecule has 1 atom stereocenters. The van der Waals surface area contributed by atoms with Gasteiger partial charge in [0.2, 0.25) is 0 Å². The van der Waals surface area contributed by atoms with Crippen molar-refractivity contribution in [3.63, 3.8) is 0 Å². The Morgan fingerprint density at radius 1 is 1.04 bits per heavy atom. The molecule has 0 aliphatic heterocycles. The lowest BCUT2D eigenvalue weighted by atomic mass is 10.0. The highest BCUT2D eigenvalue weighted by atomic mass is 16.1. The van der Waals surface area contributed by atoms with Crippen LogP contribution in [0.2, 0.25) is 0 Å². The van der Waals surface area contributed by atoms with Crippen molar-refractivity contribution in [2.75, 3.05) is 0 Å². The van der Waals surface area contributed by atoms with Crippen LogP contribution in [0.25, 0.3) is 16.6 Å². The van der Waals surface area contributed by atoms with Crippen LogP contribution in [0.1, 0.15) is 44.0 Å². The van der Waals surface area contributed by atoms with E-state index in [4.69, 9.17) is 10.1 Å². The molecule has 7 nitrogen and oxygen atoms in total. The molecule has 3 aromatic heterocycles. The molecule has 0 saturated carbocycles. The molecule has 0 saturated heterocycles. The van der Waals surface area contributed by atoms with E-state index in [-0.39, 0.29) is 11.5 Å². The lowest BCUT2D eigenvalue weighted by Crippen LogP contribution is -2.15. The normalized spacial score (nSPS) is 12.6. The fraction of sp³-hybridized carbons (Fsp3) is 0.286. The summed E-state index contributed by atoms with van der Waals surface area (Å²) in [5.41, 5.74) is 0.564. The maximum atomic E-state index is 12.1. The Labute approximate surface area is 162 Å². The van der Waals surface area contributed by atoms with Crippen molar-refractivity contribution in [3.8, 4) is 5.82 Å². The summed E-state index contributed by atoms with van der Waals surface area (Å²) in [6, 6.07) is 13.2. The molecular weight excluding hydrogens is 352 g/mol. The van der Waals surface area contributed by atoms with Crippen LogP contribution < -0.4 is 5.56 Å². The van der Waals surface area contributed by atoms with Gasteiger partial charge < -0.3 is 0 Å². The monoisotopic (exact) mass is 374 g/mol. The van der Waals surface area contributed by atoms with Gasteiger partial charge in [0.25, 0.3) is 5.56 Å². The molecule has 0 aliphatic rings. The lowest BCUT2D eigenvalue weighted by molar-refractivity contribution is 0.618. The van der Waals surface area contributed by atoms with E-state index in [1.807, 2.05) is 43.3 Å². The Bertz CT molecular complexity index is 1160. The van der Waals surface area contributed by atoms with Crippen LogP contribution in [-0.2, 0) is 6.42 Å². The molecule has 4 aromatic rings. The highest BCUT2D eigenvalue weighted by Gasteiger charge is 2.23. The molecule has 0 aliphatic carbocycles. The third-order valence-electron chi connectivity index (χ3n) is 4.66. The van der Waals surface area contributed by atoms with E-state index < -0.39 is 0 Å². The van der Waals surface area contributed by atoms with Gasteiger partial charge in [-0.1, -0.05) is 38.1 Å². The summed E-state index contributed by atoms with van der Waals surface area (Å²) < 4.78 is 1.78. The van der Waals surface area contributed by atoms with Gasteiger partial charge in [-0.2, -0.15) is 9.78 Å². The Morgan fingerprint density at radius 3 is 2.50 bits per heavy atom. The molecular formula is C21H22N6O. The van der Waals surface area contributed by atoms with Crippen LogP contribution in [0.3, 0.4) is 0 Å². The number of pyridine rings is 1. The minimum atomic E-state index is -0.196. The number of nitrogens with one attached hydrogen (secondary N) is 1. The predicted molar refractivity (Wildman–Crippen MR) is 108 cm³/mol. The second-order valence-electron chi connectivity index (χ2n) is 7.29. The van der Waals surface area contributed by atoms with Crippen LogP contribution >= 0.6 is 0 Å². The fourth-order valence-corrected chi connectivity index (χ4v) is 3.34. The van der Waals surface area contributed by atoms with Crippen LogP contribution in [-0.4, -0.2) is 29.9 Å². The summed E-state index contributed by atoms with van der Waals surface area (Å²) in [5.74, 6) is 2.49. The van der Waals surface area contributed by atoms with Gasteiger partial charge >= 0.3 is 0 Å². The zero-order valence-corrected chi connectivity index (χ0v) is 16.1. The summed E-state index contributed by atoms with van der Waals surface area (Å²) in [4.78, 5) is 21.4. The van der Waals surface area contributed by atoms with Gasteiger partial charge in [-0.3, -0.25) is 4.79 Å². The van der Waals surface area contributed by atoms with E-state index in [1.54, 1.807) is 16.9 Å². The van der Waals surface area contributed by atoms with Crippen molar-refractivity contribution in [2.24, 2.45) is 5.92 Å². The van der Waals surface area contributed by atoms with E-state index in [2.05, 4.69) is 29.0 Å². The summed E-state index contributed by atoms with van der Waals surface area (Å²) >= 11 is 0. The third kappa shape index (κ3) is 3.31. The van der Waals surface area contributed by atoms with Gasteiger partial charge in [-0.05, 0) is 31.0 Å². The van der Waals surface area contributed by atoms with Crippen molar-refractivity contribution >= 4 is 10.8 Å². The van der Waals surface area contributed by atoms with Gasteiger partial charge in [-0.25, -0.2) is 15.1 Å². The molecule has 0 spiro atoms. The summed E-state index contributed by atoms with van der Waals surface area (Å²) in [6.07, 6.45) is 2.51. The van der Waals surface area contributed by atoms with Crippen LogP contribution in [0.5, 0.6) is 0 Å². The first-order valence-electron chi connectivity index (χ1n) is 9.39. The smallest absolute Gasteiger partial charge is 0.267 e. The Balaban J connectivity index is 1.88. The van der Waals surface area contributed by atoms with E-state index in [9.17, 15) is 4.79 Å². The van der Waals surface area contributed by atoms with Crippen molar-refractivity contribution in [1.82, 2.24) is 29.9 Å². The Morgan fingerprint density at radius 2 is 1.79 bits per heavy atom. The topological polar surface area (TPSA) is 89.4 Å². The molecule has 0 amide bonds. The number of hydrogen-bond acceptors (Lipinski definition) is 5. The molecule has 4 rings (SSSR count). The molecule has 7 heteroatoms. The number of H-pyrrole nitrogens is 1. The molecule has 0 fully saturated rings. The second kappa shape index (κ2) is 7.34. The highest BCUT2D eigenvalue weighted by Crippen LogP contribution is 2.27. The van der Waals surface area contributed by atoms with Gasteiger partial charge in [0, 0.05) is 18.0 Å². The van der Waals surface area contributed by atoms with Gasteiger partial charge in [0.1, 0.15) is 5.82 Å². The van der Waals surface area contributed by atoms with E-state index >= 15 is 0 Å². The minimum Gasteiger partial charge on any atom is -0.267 e. The molecule has 1 aromatic carbocycles. The molecule has 1 N–H and O–H groups in total. The average molecular weight is 374 g/mol. The molecule has 0 radical (unpaired) electrons. The second-order valence-corrected chi connectivity index (χ2v) is 7.29. The van der Waals surface area contributed by atoms with Gasteiger partial charge in [0.15, 0.2) is 11.6 Å². The number of aromatic amines is 1. The highest BCUT2D eigenvalue weighted by molar-refractivity contribution is 5.84. The fourth-order valence-electron chi connectivity index (χ4n) is 3.34. The standard InChI is InChI=1S/C21H22N6O/c1-13(2)12-17-23-20(27(26-17)18-10-6-7-11-22-18)14(3)19-15-8-4-5-9-16(15)21(28)25-24-19/h4-11,13-14H,12H2,1-3H3,(H,25,28). The number of fused-ring (bicyclic) bond motifs is 1. The number of hydrogen-bond donors (Lipinski definition) is 1. The van der Waals surface area contributed by atoms with Crippen molar-refractivity contribution in [3.05, 3.63) is 76.4 Å². The summed E-state index contributed by atoms with van der Waals surface area (Å²) in [6.45, 7) is 6.30. The van der Waals surface area contributed by atoms with Crippen LogP contribution in [0.15, 0.2) is 53.5 Å². The molecule has 142 valence electrons. The third-order valence-corrected chi connectivity index (χ3v) is 4.66. The van der Waals surface area contributed by atoms with Crippen molar-refractivity contribution < 1.29 is 0 Å². The molecule has 0 bridgehead atoms. The minimum absolute atomic E-state index is 0.183. The molecule has 28 heavy (non-hydrogen) atoms. The summed E-state index contributed by atoms with van der Waals surface area (Å²) in [5, 5.41) is 13.1.